The molecule has 0 fully saturated rings. The molecular weight excluding hydrogens is 386 g/mol. The molecule has 0 atom stereocenters. The lowest BCUT2D eigenvalue weighted by Gasteiger charge is -2.18. The summed E-state index contributed by atoms with van der Waals surface area (Å²) in [7, 11) is 0. The Balaban J connectivity index is 0.00000180. The summed E-state index contributed by atoms with van der Waals surface area (Å²) in [6, 6.07) is 7.47. The lowest BCUT2D eigenvalue weighted by molar-refractivity contribution is 0.289. The lowest BCUT2D eigenvalue weighted by Crippen LogP contribution is -2.31. The van der Waals surface area contributed by atoms with Gasteiger partial charge in [-0.15, -0.1) is 34.0 Å². The molecule has 1 heterocycles. The van der Waals surface area contributed by atoms with Gasteiger partial charge in [-0.1, -0.05) is 26.0 Å². The van der Waals surface area contributed by atoms with Crippen molar-refractivity contribution in [3.05, 3.63) is 40.9 Å². The Morgan fingerprint density at radius 1 is 1.15 bits per heavy atom. The molecule has 4 nitrogen and oxygen atoms in total. The minimum atomic E-state index is 0. The first kappa shape index (κ1) is 19.3. The number of hydrogen-bond donors (Lipinski definition) is 0. The van der Waals surface area contributed by atoms with Crippen LogP contribution in [-0.2, 0) is 6.54 Å². The normalized spacial score (nSPS) is 10.2. The van der Waals surface area contributed by atoms with Crippen molar-refractivity contribution in [2.75, 3.05) is 19.6 Å². The summed E-state index contributed by atoms with van der Waals surface area (Å²) in [5, 5.41) is 0.694. The fourth-order valence-corrected chi connectivity index (χ4v) is 2.05. The maximum Gasteiger partial charge on any atom is 0.261 e. The van der Waals surface area contributed by atoms with Crippen molar-refractivity contribution in [2.45, 2.75) is 20.4 Å². The van der Waals surface area contributed by atoms with Gasteiger partial charge in [0.2, 0.25) is 0 Å². The predicted molar refractivity (Wildman–Crippen MR) is 94.4 cm³/mol. The van der Waals surface area contributed by atoms with Gasteiger partial charge in [-0.05, 0) is 25.2 Å². The summed E-state index contributed by atoms with van der Waals surface area (Å²) in [6.45, 7) is 7.85. The number of hydrogen-bond acceptors (Lipinski definition) is 3. The third kappa shape index (κ3) is 4.40. The smallest absolute Gasteiger partial charge is 0.261 e. The van der Waals surface area contributed by atoms with Crippen molar-refractivity contribution >= 4 is 44.9 Å². The second kappa shape index (κ2) is 9.26. The molecule has 0 spiro atoms. The van der Waals surface area contributed by atoms with E-state index in [9.17, 15) is 4.79 Å². The van der Waals surface area contributed by atoms with E-state index in [1.165, 1.54) is 0 Å². The van der Waals surface area contributed by atoms with Gasteiger partial charge in [0.05, 0.1) is 17.2 Å². The van der Waals surface area contributed by atoms with Gasteiger partial charge in [0.25, 0.3) is 5.56 Å². The Morgan fingerprint density at radius 2 is 1.80 bits per heavy atom. The highest BCUT2D eigenvalue weighted by Crippen LogP contribution is 2.04. The summed E-state index contributed by atoms with van der Waals surface area (Å²) in [5.41, 5.74) is 0.814. The number of benzene rings is 1. The lowest BCUT2D eigenvalue weighted by atomic mass is 10.2. The molecule has 0 N–H and O–H groups in total. The van der Waals surface area contributed by atoms with E-state index in [4.69, 9.17) is 0 Å². The van der Waals surface area contributed by atoms with Gasteiger partial charge in [0.15, 0.2) is 0 Å². The number of rotatable bonds is 5. The van der Waals surface area contributed by atoms with Gasteiger partial charge < -0.3 is 4.90 Å². The van der Waals surface area contributed by atoms with Crippen molar-refractivity contribution in [1.29, 1.82) is 0 Å². The van der Waals surface area contributed by atoms with Crippen LogP contribution >= 0.6 is 34.0 Å². The largest absolute Gasteiger partial charge is 0.302 e. The zero-order chi connectivity index (χ0) is 13.0. The first-order chi connectivity index (χ1) is 8.76. The van der Waals surface area contributed by atoms with E-state index in [2.05, 4.69) is 23.7 Å². The van der Waals surface area contributed by atoms with E-state index < -0.39 is 0 Å². The molecule has 112 valence electrons. The zero-order valence-electron chi connectivity index (χ0n) is 11.8. The van der Waals surface area contributed by atoms with Gasteiger partial charge in [-0.3, -0.25) is 9.36 Å². The molecule has 0 aliphatic heterocycles. The topological polar surface area (TPSA) is 38.1 Å². The third-order valence-corrected chi connectivity index (χ3v) is 3.28. The van der Waals surface area contributed by atoms with E-state index in [0.717, 1.165) is 25.2 Å². The molecule has 0 aliphatic carbocycles. The summed E-state index contributed by atoms with van der Waals surface area (Å²) >= 11 is 0. The molecule has 0 bridgehead atoms. The standard InChI is InChI=1S/C14H19N3O.2BrH/c1-3-16(4-2)9-10-17-11-15-13-8-6-5-7-12(13)14(17)18;;/h5-8,11H,3-4,9-10H2,1-2H3;2*1H. The number of nitrogens with zero attached hydrogens (tertiary/aromatic N) is 3. The second-order valence-corrected chi connectivity index (χ2v) is 4.29. The molecule has 0 amide bonds. The Hall–Kier alpha value is -0.720. The molecule has 0 unspecified atom stereocenters. The van der Waals surface area contributed by atoms with Gasteiger partial charge in [0, 0.05) is 13.1 Å². The first-order valence-electron chi connectivity index (χ1n) is 6.42. The minimum absolute atomic E-state index is 0. The fourth-order valence-electron chi connectivity index (χ4n) is 2.05. The fraction of sp³-hybridized carbons (Fsp3) is 0.429. The highest BCUT2D eigenvalue weighted by Gasteiger charge is 2.04. The molecule has 2 rings (SSSR count). The number of likely N-dealkylation sites (N-methyl/N-ethyl adjacent to an activating group) is 1. The summed E-state index contributed by atoms with van der Waals surface area (Å²) in [5.74, 6) is 0. The average Bonchev–Trinajstić information content (AvgIpc) is 2.42. The Bertz CT molecular complexity index is 582. The van der Waals surface area contributed by atoms with Crippen molar-refractivity contribution in [2.24, 2.45) is 0 Å². The first-order valence-corrected chi connectivity index (χ1v) is 6.42. The van der Waals surface area contributed by atoms with Crippen LogP contribution in [0, 0.1) is 0 Å². The van der Waals surface area contributed by atoms with Crippen molar-refractivity contribution in [1.82, 2.24) is 14.5 Å². The Morgan fingerprint density at radius 3 is 2.45 bits per heavy atom. The maximum absolute atomic E-state index is 12.2. The second-order valence-electron chi connectivity index (χ2n) is 4.29. The average molecular weight is 407 g/mol. The Labute approximate surface area is 140 Å². The Kier molecular flexibility index (Phi) is 8.93. The van der Waals surface area contributed by atoms with Crippen LogP contribution in [0.25, 0.3) is 10.9 Å². The van der Waals surface area contributed by atoms with Crippen LogP contribution in [0.3, 0.4) is 0 Å². The van der Waals surface area contributed by atoms with Crippen LogP contribution in [0.4, 0.5) is 0 Å². The summed E-state index contributed by atoms with van der Waals surface area (Å²) in [4.78, 5) is 18.8. The molecule has 0 saturated heterocycles. The molecule has 1 aromatic heterocycles. The molecule has 6 heteroatoms. The molecule has 0 aliphatic rings. The SMILES string of the molecule is Br.Br.CCN(CC)CCn1cnc2ccccc2c1=O. The van der Waals surface area contributed by atoms with Crippen LogP contribution in [0.5, 0.6) is 0 Å². The van der Waals surface area contributed by atoms with Crippen LogP contribution in [0.2, 0.25) is 0 Å². The molecular formula is C14H21Br2N3O. The van der Waals surface area contributed by atoms with Gasteiger partial charge in [0.1, 0.15) is 0 Å². The van der Waals surface area contributed by atoms with Crippen LogP contribution in [0.15, 0.2) is 35.4 Å². The maximum atomic E-state index is 12.2. The monoisotopic (exact) mass is 405 g/mol. The molecule has 1 aromatic carbocycles. The number of halogens is 2. The number of aromatic nitrogens is 2. The van der Waals surface area contributed by atoms with Crippen LogP contribution in [0.1, 0.15) is 13.8 Å². The number of para-hydroxylation sites is 1. The van der Waals surface area contributed by atoms with Gasteiger partial charge >= 0.3 is 0 Å². The zero-order valence-corrected chi connectivity index (χ0v) is 15.2. The predicted octanol–water partition coefficient (Wildman–Crippen LogP) is 2.89. The highest BCUT2D eigenvalue weighted by atomic mass is 79.9. The van der Waals surface area contributed by atoms with Crippen LogP contribution < -0.4 is 5.56 Å². The van der Waals surface area contributed by atoms with Gasteiger partial charge in [-0.2, -0.15) is 0 Å². The van der Waals surface area contributed by atoms with E-state index in [-0.39, 0.29) is 39.5 Å². The highest BCUT2D eigenvalue weighted by molar-refractivity contribution is 8.93. The van der Waals surface area contributed by atoms with E-state index in [0.29, 0.717) is 11.9 Å². The quantitative estimate of drug-likeness (QED) is 0.766. The third-order valence-electron chi connectivity index (χ3n) is 3.28. The van der Waals surface area contributed by atoms with Crippen LogP contribution in [-0.4, -0.2) is 34.1 Å². The molecule has 2 aromatic rings. The molecule has 0 saturated carbocycles. The number of fused-ring (bicyclic) bond motifs is 1. The van der Waals surface area contributed by atoms with E-state index in [1.807, 2.05) is 24.3 Å². The summed E-state index contributed by atoms with van der Waals surface area (Å²) < 4.78 is 1.70. The molecule has 20 heavy (non-hydrogen) atoms. The van der Waals surface area contributed by atoms with E-state index >= 15 is 0 Å². The van der Waals surface area contributed by atoms with Crippen molar-refractivity contribution in [3.63, 3.8) is 0 Å². The van der Waals surface area contributed by atoms with E-state index in [1.54, 1.807) is 10.9 Å². The van der Waals surface area contributed by atoms with Gasteiger partial charge in [-0.25, -0.2) is 4.98 Å². The summed E-state index contributed by atoms with van der Waals surface area (Å²) in [6.07, 6.45) is 1.65. The van der Waals surface area contributed by atoms with Crippen molar-refractivity contribution in [3.8, 4) is 0 Å². The van der Waals surface area contributed by atoms with Crippen molar-refractivity contribution < 1.29 is 0 Å². The molecule has 0 radical (unpaired) electrons. The minimum Gasteiger partial charge on any atom is -0.302 e.